The van der Waals surface area contributed by atoms with Crippen LogP contribution in [0.25, 0.3) is 0 Å². The van der Waals surface area contributed by atoms with E-state index in [9.17, 15) is 9.18 Å². The number of carbonyl (C=O) groups excluding carboxylic acids is 1. The minimum Gasteiger partial charge on any atom is -0.357 e. The Bertz CT molecular complexity index is 701. The Morgan fingerprint density at radius 1 is 1.15 bits per heavy atom. The monoisotopic (exact) mass is 268 g/mol. The standard InChI is InChI=1S/C16H13FN2O/c17-12-6-7-14-13(10-12)18-16(9-8-15(20)19(14)16)11-4-2-1-3-5-11/h1-7,10,18H,8-9H2. The molecule has 4 rings (SSSR count). The summed E-state index contributed by atoms with van der Waals surface area (Å²) in [4.78, 5) is 14.0. The highest BCUT2D eigenvalue weighted by Crippen LogP contribution is 2.51. The van der Waals surface area contributed by atoms with Crippen LogP contribution in [-0.2, 0) is 10.5 Å². The average molecular weight is 268 g/mol. The number of nitrogens with zero attached hydrogens (tertiary/aromatic N) is 1. The lowest BCUT2D eigenvalue weighted by Crippen LogP contribution is -2.44. The lowest BCUT2D eigenvalue weighted by Gasteiger charge is -2.32. The van der Waals surface area contributed by atoms with E-state index in [4.69, 9.17) is 0 Å². The third-order valence-electron chi connectivity index (χ3n) is 4.12. The van der Waals surface area contributed by atoms with Crippen molar-refractivity contribution in [3.05, 3.63) is 59.9 Å². The van der Waals surface area contributed by atoms with Gasteiger partial charge in [-0.1, -0.05) is 30.3 Å². The highest BCUT2D eigenvalue weighted by molar-refractivity contribution is 6.04. The number of nitrogens with one attached hydrogen (secondary N) is 1. The summed E-state index contributed by atoms with van der Waals surface area (Å²) in [6.07, 6.45) is 1.19. The zero-order chi connectivity index (χ0) is 13.7. The molecule has 0 radical (unpaired) electrons. The predicted octanol–water partition coefficient (Wildman–Crippen LogP) is 3.23. The third-order valence-corrected chi connectivity index (χ3v) is 4.12. The number of hydrogen-bond acceptors (Lipinski definition) is 2. The molecule has 1 unspecified atom stereocenters. The Morgan fingerprint density at radius 2 is 1.95 bits per heavy atom. The smallest absolute Gasteiger partial charge is 0.229 e. The molecule has 2 heterocycles. The van der Waals surface area contributed by atoms with Crippen LogP contribution in [0.5, 0.6) is 0 Å². The van der Waals surface area contributed by atoms with Crippen LogP contribution in [0.1, 0.15) is 18.4 Å². The Balaban J connectivity index is 1.92. The second kappa shape index (κ2) is 3.82. The molecule has 3 nitrogen and oxygen atoms in total. The molecule has 2 aromatic carbocycles. The first-order chi connectivity index (χ1) is 9.71. The fourth-order valence-corrected chi connectivity index (χ4v) is 3.27. The molecule has 2 aliphatic rings. The first kappa shape index (κ1) is 11.5. The summed E-state index contributed by atoms with van der Waals surface area (Å²) in [6, 6.07) is 14.4. The van der Waals surface area contributed by atoms with E-state index in [0.717, 1.165) is 11.3 Å². The number of rotatable bonds is 1. The Hall–Kier alpha value is -2.36. The van der Waals surface area contributed by atoms with E-state index in [0.29, 0.717) is 18.5 Å². The van der Waals surface area contributed by atoms with E-state index < -0.39 is 5.66 Å². The van der Waals surface area contributed by atoms with Crippen molar-refractivity contribution in [2.75, 3.05) is 10.2 Å². The maximum absolute atomic E-state index is 13.4. The van der Waals surface area contributed by atoms with Crippen LogP contribution < -0.4 is 10.2 Å². The molecule has 2 aliphatic heterocycles. The molecule has 2 aromatic rings. The van der Waals surface area contributed by atoms with Gasteiger partial charge in [0.05, 0.1) is 11.4 Å². The minimum atomic E-state index is -0.561. The second-order valence-electron chi connectivity index (χ2n) is 5.24. The van der Waals surface area contributed by atoms with Gasteiger partial charge in [0.15, 0.2) is 0 Å². The molecule has 1 N–H and O–H groups in total. The van der Waals surface area contributed by atoms with Gasteiger partial charge in [0.2, 0.25) is 5.91 Å². The molecule has 1 atom stereocenters. The van der Waals surface area contributed by atoms with Crippen LogP contribution in [0.15, 0.2) is 48.5 Å². The Labute approximate surface area is 116 Å². The van der Waals surface area contributed by atoms with E-state index in [1.54, 1.807) is 11.0 Å². The summed E-state index contributed by atoms with van der Waals surface area (Å²) < 4.78 is 13.4. The second-order valence-corrected chi connectivity index (χ2v) is 5.24. The Kier molecular flexibility index (Phi) is 2.19. The normalized spacial score (nSPS) is 23.4. The lowest BCUT2D eigenvalue weighted by molar-refractivity contribution is -0.117. The molecular formula is C16H13FN2O. The van der Waals surface area contributed by atoms with Crippen LogP contribution >= 0.6 is 0 Å². The van der Waals surface area contributed by atoms with Crippen molar-refractivity contribution >= 4 is 17.3 Å². The minimum absolute atomic E-state index is 0.0757. The first-order valence-corrected chi connectivity index (χ1v) is 6.67. The van der Waals surface area contributed by atoms with E-state index in [1.807, 2.05) is 30.3 Å². The zero-order valence-corrected chi connectivity index (χ0v) is 10.8. The SMILES string of the molecule is O=C1CCC2(c3ccccc3)Nc3cc(F)ccc3N12. The summed E-state index contributed by atoms with van der Waals surface area (Å²) >= 11 is 0. The lowest BCUT2D eigenvalue weighted by atomic mass is 9.97. The van der Waals surface area contributed by atoms with Gasteiger partial charge in [-0.25, -0.2) is 4.39 Å². The van der Waals surface area contributed by atoms with Gasteiger partial charge < -0.3 is 5.32 Å². The van der Waals surface area contributed by atoms with Crippen LogP contribution in [0.4, 0.5) is 15.8 Å². The summed E-state index contributed by atoms with van der Waals surface area (Å²) in [5.41, 5.74) is 1.91. The molecule has 0 bridgehead atoms. The van der Waals surface area contributed by atoms with Gasteiger partial charge in [-0.2, -0.15) is 0 Å². The number of fused-ring (bicyclic) bond motifs is 3. The van der Waals surface area contributed by atoms with Gasteiger partial charge in [-0.3, -0.25) is 9.69 Å². The van der Waals surface area contributed by atoms with Crippen LogP contribution in [0.2, 0.25) is 0 Å². The largest absolute Gasteiger partial charge is 0.357 e. The molecule has 0 aliphatic carbocycles. The molecule has 20 heavy (non-hydrogen) atoms. The fourth-order valence-electron chi connectivity index (χ4n) is 3.27. The molecule has 100 valence electrons. The van der Waals surface area contributed by atoms with Crippen molar-refractivity contribution in [3.63, 3.8) is 0 Å². The van der Waals surface area contributed by atoms with Gasteiger partial charge in [0.25, 0.3) is 0 Å². The van der Waals surface area contributed by atoms with Crippen molar-refractivity contribution in [3.8, 4) is 0 Å². The van der Waals surface area contributed by atoms with Crippen molar-refractivity contribution in [2.45, 2.75) is 18.5 Å². The third kappa shape index (κ3) is 1.36. The fraction of sp³-hybridized carbons (Fsp3) is 0.188. The number of carbonyl (C=O) groups is 1. The van der Waals surface area contributed by atoms with E-state index in [2.05, 4.69) is 5.32 Å². The van der Waals surface area contributed by atoms with Crippen molar-refractivity contribution in [1.82, 2.24) is 0 Å². The summed E-state index contributed by atoms with van der Waals surface area (Å²) in [6.45, 7) is 0. The van der Waals surface area contributed by atoms with E-state index in [1.165, 1.54) is 12.1 Å². The van der Waals surface area contributed by atoms with Gasteiger partial charge in [0, 0.05) is 12.8 Å². The van der Waals surface area contributed by atoms with Crippen molar-refractivity contribution < 1.29 is 9.18 Å². The molecular weight excluding hydrogens is 255 g/mol. The quantitative estimate of drug-likeness (QED) is 0.861. The van der Waals surface area contributed by atoms with Crippen LogP contribution in [-0.4, -0.2) is 5.91 Å². The van der Waals surface area contributed by atoms with Crippen molar-refractivity contribution in [2.24, 2.45) is 0 Å². The zero-order valence-electron chi connectivity index (χ0n) is 10.8. The van der Waals surface area contributed by atoms with Crippen molar-refractivity contribution in [1.29, 1.82) is 0 Å². The Morgan fingerprint density at radius 3 is 2.75 bits per heavy atom. The van der Waals surface area contributed by atoms with Crippen LogP contribution in [0.3, 0.4) is 0 Å². The highest BCUT2D eigenvalue weighted by Gasteiger charge is 2.52. The van der Waals surface area contributed by atoms with Gasteiger partial charge in [-0.05, 0) is 23.8 Å². The number of anilines is 2. The van der Waals surface area contributed by atoms with Gasteiger partial charge in [-0.15, -0.1) is 0 Å². The number of hydrogen-bond donors (Lipinski definition) is 1. The summed E-state index contributed by atoms with van der Waals surface area (Å²) in [5, 5.41) is 3.36. The molecule has 1 saturated heterocycles. The molecule has 1 fully saturated rings. The topological polar surface area (TPSA) is 32.3 Å². The van der Waals surface area contributed by atoms with E-state index >= 15 is 0 Å². The summed E-state index contributed by atoms with van der Waals surface area (Å²) in [5.74, 6) is -0.222. The maximum atomic E-state index is 13.4. The maximum Gasteiger partial charge on any atom is 0.229 e. The number of amides is 1. The molecule has 4 heteroatoms. The molecule has 0 spiro atoms. The van der Waals surface area contributed by atoms with Crippen LogP contribution in [0, 0.1) is 5.82 Å². The number of halogens is 1. The molecule has 0 saturated carbocycles. The molecule has 1 amide bonds. The predicted molar refractivity (Wildman–Crippen MR) is 74.9 cm³/mol. The summed E-state index contributed by atoms with van der Waals surface area (Å²) in [7, 11) is 0. The van der Waals surface area contributed by atoms with E-state index in [-0.39, 0.29) is 11.7 Å². The first-order valence-electron chi connectivity index (χ1n) is 6.67. The number of benzene rings is 2. The highest BCUT2D eigenvalue weighted by atomic mass is 19.1. The molecule has 0 aromatic heterocycles. The average Bonchev–Trinajstić information content (AvgIpc) is 2.96. The van der Waals surface area contributed by atoms with Gasteiger partial charge in [0.1, 0.15) is 11.5 Å². The van der Waals surface area contributed by atoms with Gasteiger partial charge >= 0.3 is 0 Å².